The highest BCUT2D eigenvalue weighted by atomic mass is 35.5. The third-order valence-electron chi connectivity index (χ3n) is 5.00. The predicted molar refractivity (Wildman–Crippen MR) is 117 cm³/mol. The zero-order valence-electron chi connectivity index (χ0n) is 17.0. The van der Waals surface area contributed by atoms with E-state index in [0.717, 1.165) is 48.8 Å². The van der Waals surface area contributed by atoms with Crippen molar-refractivity contribution in [3.63, 3.8) is 0 Å². The summed E-state index contributed by atoms with van der Waals surface area (Å²) in [6.45, 7) is 3.96. The van der Waals surface area contributed by atoms with Gasteiger partial charge in [0.1, 0.15) is 11.9 Å². The van der Waals surface area contributed by atoms with E-state index in [1.807, 2.05) is 36.4 Å². The molecule has 7 nitrogen and oxygen atoms in total. The number of nitrogens with zero attached hydrogens (tertiary/aromatic N) is 3. The lowest BCUT2D eigenvalue weighted by atomic mass is 10.1. The van der Waals surface area contributed by atoms with Crippen LogP contribution in [0.4, 0.5) is 0 Å². The van der Waals surface area contributed by atoms with E-state index in [9.17, 15) is 4.79 Å². The quantitative estimate of drug-likeness (QED) is 0.603. The third-order valence-corrected chi connectivity index (χ3v) is 5.00. The number of nitrogens with one attached hydrogen (secondary N) is 1. The first-order chi connectivity index (χ1) is 14.1. The molecule has 1 saturated heterocycles. The highest BCUT2D eigenvalue weighted by molar-refractivity contribution is 5.85. The van der Waals surface area contributed by atoms with Crippen LogP contribution in [0.2, 0.25) is 0 Å². The van der Waals surface area contributed by atoms with Gasteiger partial charge in [0.05, 0.1) is 7.11 Å². The summed E-state index contributed by atoms with van der Waals surface area (Å²) >= 11 is 0. The number of likely N-dealkylation sites (tertiary alicyclic amines) is 1. The molecule has 30 heavy (non-hydrogen) atoms. The Kier molecular flexibility index (Phi) is 7.07. The minimum absolute atomic E-state index is 0. The number of carbonyl (C=O) groups excluding carboxylic acids is 1. The zero-order valence-corrected chi connectivity index (χ0v) is 17.8. The molecule has 0 radical (unpaired) electrons. The van der Waals surface area contributed by atoms with Gasteiger partial charge in [-0.3, -0.25) is 14.8 Å². The van der Waals surface area contributed by atoms with E-state index in [2.05, 4.69) is 32.2 Å². The van der Waals surface area contributed by atoms with Crippen molar-refractivity contribution in [3.8, 4) is 28.5 Å². The Morgan fingerprint density at radius 3 is 2.73 bits per heavy atom. The Morgan fingerprint density at radius 2 is 2.00 bits per heavy atom. The van der Waals surface area contributed by atoms with Crippen molar-refractivity contribution < 1.29 is 14.3 Å². The van der Waals surface area contributed by atoms with Gasteiger partial charge in [0, 0.05) is 37.7 Å². The number of ether oxygens (including phenoxy) is 2. The number of carbonyl (C=O) groups is 1. The highest BCUT2D eigenvalue weighted by Gasteiger charge is 2.24. The van der Waals surface area contributed by atoms with Crippen LogP contribution in [0.1, 0.15) is 18.9 Å². The lowest BCUT2D eigenvalue weighted by Gasteiger charge is -2.16. The minimum Gasteiger partial charge on any atom is -0.497 e. The van der Waals surface area contributed by atoms with Crippen molar-refractivity contribution in [1.29, 1.82) is 0 Å². The Bertz CT molecular complexity index is 990. The molecule has 2 heterocycles. The van der Waals surface area contributed by atoms with Crippen LogP contribution < -0.4 is 4.74 Å². The van der Waals surface area contributed by atoms with Gasteiger partial charge in [-0.05, 0) is 42.3 Å². The fourth-order valence-electron chi connectivity index (χ4n) is 3.61. The number of rotatable bonds is 6. The van der Waals surface area contributed by atoms with Crippen molar-refractivity contribution in [2.75, 3.05) is 20.2 Å². The monoisotopic (exact) mass is 428 g/mol. The second-order valence-electron chi connectivity index (χ2n) is 7.19. The van der Waals surface area contributed by atoms with Gasteiger partial charge in [-0.25, -0.2) is 4.98 Å². The molecular formula is C22H25ClN4O3. The first kappa shape index (κ1) is 21.8. The second-order valence-corrected chi connectivity index (χ2v) is 7.19. The van der Waals surface area contributed by atoms with Gasteiger partial charge in [-0.15, -0.1) is 12.4 Å². The van der Waals surface area contributed by atoms with Crippen molar-refractivity contribution in [2.24, 2.45) is 0 Å². The Morgan fingerprint density at radius 1 is 1.20 bits per heavy atom. The summed E-state index contributed by atoms with van der Waals surface area (Å²) in [7, 11) is 1.65. The summed E-state index contributed by atoms with van der Waals surface area (Å²) in [5, 5.41) is 7.40. The number of hydrogen-bond acceptors (Lipinski definition) is 6. The summed E-state index contributed by atoms with van der Waals surface area (Å²) in [6, 6.07) is 15.9. The average molecular weight is 429 g/mol. The first-order valence-electron chi connectivity index (χ1n) is 9.66. The molecule has 0 bridgehead atoms. The maximum absolute atomic E-state index is 11.1. The number of aromatic nitrogens is 3. The lowest BCUT2D eigenvalue weighted by Crippen LogP contribution is -2.24. The lowest BCUT2D eigenvalue weighted by molar-refractivity contribution is -0.145. The van der Waals surface area contributed by atoms with Crippen molar-refractivity contribution in [1.82, 2.24) is 20.1 Å². The smallest absolute Gasteiger partial charge is 0.302 e. The predicted octanol–water partition coefficient (Wildman–Crippen LogP) is 3.71. The number of H-pyrrole nitrogens is 1. The van der Waals surface area contributed by atoms with E-state index in [1.54, 1.807) is 7.11 Å². The van der Waals surface area contributed by atoms with Crippen LogP contribution >= 0.6 is 12.4 Å². The fourth-order valence-corrected chi connectivity index (χ4v) is 3.61. The van der Waals surface area contributed by atoms with Crippen molar-refractivity contribution in [2.45, 2.75) is 26.0 Å². The molecule has 1 aliphatic heterocycles. The largest absolute Gasteiger partial charge is 0.497 e. The molecule has 0 saturated carbocycles. The summed E-state index contributed by atoms with van der Waals surface area (Å²) < 4.78 is 10.5. The van der Waals surface area contributed by atoms with Crippen LogP contribution in [0.15, 0.2) is 48.5 Å². The third kappa shape index (κ3) is 5.17. The summed E-state index contributed by atoms with van der Waals surface area (Å²) in [4.78, 5) is 18.1. The van der Waals surface area contributed by atoms with E-state index >= 15 is 0 Å². The molecule has 3 aromatic rings. The number of halogens is 1. The second kappa shape index (κ2) is 9.73. The topological polar surface area (TPSA) is 80.3 Å². The number of methoxy groups -OCH3 is 1. The van der Waals surface area contributed by atoms with Gasteiger partial charge in [-0.2, -0.15) is 5.10 Å². The van der Waals surface area contributed by atoms with Gasteiger partial charge in [0.15, 0.2) is 11.6 Å². The molecule has 2 aromatic carbocycles. The number of esters is 1. The molecule has 4 rings (SSSR count). The number of benzene rings is 2. The van der Waals surface area contributed by atoms with Crippen molar-refractivity contribution >= 4 is 18.4 Å². The molecule has 0 spiro atoms. The highest BCUT2D eigenvalue weighted by Crippen LogP contribution is 2.24. The molecule has 0 aliphatic carbocycles. The number of aromatic amines is 1. The van der Waals surface area contributed by atoms with E-state index in [4.69, 9.17) is 9.47 Å². The SMILES string of the molecule is COc1ccc(-c2nc(-c3cccc(CN4CCC(OC(C)=O)C4)c3)n[nH]2)cc1.Cl. The molecule has 1 fully saturated rings. The van der Waals surface area contributed by atoms with Crippen molar-refractivity contribution in [3.05, 3.63) is 54.1 Å². The van der Waals surface area contributed by atoms with Crippen LogP contribution in [0.3, 0.4) is 0 Å². The van der Waals surface area contributed by atoms with Crippen LogP contribution in [0.25, 0.3) is 22.8 Å². The van der Waals surface area contributed by atoms with Gasteiger partial charge >= 0.3 is 5.97 Å². The Labute approximate surface area is 181 Å². The van der Waals surface area contributed by atoms with Gasteiger partial charge in [0.2, 0.25) is 0 Å². The molecule has 1 aliphatic rings. The molecule has 1 aromatic heterocycles. The van der Waals surface area contributed by atoms with Crippen LogP contribution in [-0.2, 0) is 16.1 Å². The van der Waals surface area contributed by atoms with Gasteiger partial charge < -0.3 is 9.47 Å². The van der Waals surface area contributed by atoms with E-state index in [0.29, 0.717) is 5.82 Å². The maximum Gasteiger partial charge on any atom is 0.302 e. The van der Waals surface area contributed by atoms with Crippen LogP contribution in [0, 0.1) is 0 Å². The molecular weight excluding hydrogens is 404 g/mol. The summed E-state index contributed by atoms with van der Waals surface area (Å²) in [5.74, 6) is 1.98. The normalized spacial score (nSPS) is 16.1. The van der Waals surface area contributed by atoms with Crippen LogP contribution in [0.5, 0.6) is 5.75 Å². The van der Waals surface area contributed by atoms with Crippen LogP contribution in [-0.4, -0.2) is 52.4 Å². The van der Waals surface area contributed by atoms with E-state index in [-0.39, 0.29) is 24.5 Å². The Hall–Kier alpha value is -2.90. The number of hydrogen-bond donors (Lipinski definition) is 1. The maximum atomic E-state index is 11.1. The fraction of sp³-hybridized carbons (Fsp3) is 0.318. The molecule has 8 heteroatoms. The Balaban J connectivity index is 0.00000256. The van der Waals surface area contributed by atoms with Gasteiger partial charge in [-0.1, -0.05) is 18.2 Å². The minimum atomic E-state index is -0.212. The summed E-state index contributed by atoms with van der Waals surface area (Å²) in [5.41, 5.74) is 3.10. The molecule has 1 unspecified atom stereocenters. The summed E-state index contributed by atoms with van der Waals surface area (Å²) in [6.07, 6.45) is 0.876. The molecule has 0 amide bonds. The average Bonchev–Trinajstić information content (AvgIpc) is 3.38. The molecule has 1 N–H and O–H groups in total. The molecule has 1 atom stereocenters. The van der Waals surface area contributed by atoms with E-state index < -0.39 is 0 Å². The first-order valence-corrected chi connectivity index (χ1v) is 9.66. The van der Waals surface area contributed by atoms with E-state index in [1.165, 1.54) is 12.5 Å². The zero-order chi connectivity index (χ0) is 20.2. The van der Waals surface area contributed by atoms with Gasteiger partial charge in [0.25, 0.3) is 0 Å². The molecule has 158 valence electrons. The standard InChI is InChI=1S/C22H24N4O3.ClH/c1-15(27)29-20-10-11-26(14-20)13-16-4-3-5-18(12-16)22-23-21(24-25-22)17-6-8-19(28-2)9-7-17;/h3-9,12,20H,10-11,13-14H2,1-2H3,(H,23,24,25);1H.